The maximum Gasteiger partial charge on any atom is 0.416 e. The molecule has 3 aromatic carbocycles. The van der Waals surface area contributed by atoms with E-state index in [2.05, 4.69) is 15.5 Å². The number of carbonyl (C=O) groups is 2. The summed E-state index contributed by atoms with van der Waals surface area (Å²) in [4.78, 5) is 28.4. The summed E-state index contributed by atoms with van der Waals surface area (Å²) >= 11 is 0. The van der Waals surface area contributed by atoms with Crippen LogP contribution in [0, 0.1) is 0 Å². The molecule has 0 aromatic heterocycles. The fraction of sp³-hybridized carbons (Fsp3) is 0.394. The van der Waals surface area contributed by atoms with Crippen LogP contribution < -0.4 is 10.6 Å². The molecule has 5 rings (SSSR count). The predicted molar refractivity (Wildman–Crippen MR) is 154 cm³/mol. The number of amides is 2. The van der Waals surface area contributed by atoms with Crippen molar-refractivity contribution in [2.75, 3.05) is 26.2 Å². The van der Waals surface area contributed by atoms with Crippen LogP contribution in [0.2, 0.25) is 0 Å². The lowest BCUT2D eigenvalue weighted by Crippen LogP contribution is -2.47. The average molecular weight is 618 g/mol. The molecule has 0 radical (unpaired) electrons. The third kappa shape index (κ3) is 6.77. The van der Waals surface area contributed by atoms with Crippen molar-refractivity contribution in [3.05, 3.63) is 95.1 Å². The number of likely N-dealkylation sites (tertiary alicyclic amines) is 1. The van der Waals surface area contributed by atoms with Crippen molar-refractivity contribution in [3.8, 4) is 11.1 Å². The molecule has 0 atom stereocenters. The largest absolute Gasteiger partial charge is 0.416 e. The Balaban J connectivity index is 1.17. The van der Waals surface area contributed by atoms with Crippen LogP contribution in [0.1, 0.15) is 59.2 Å². The summed E-state index contributed by atoms with van der Waals surface area (Å²) in [5.41, 5.74) is 1.26. The van der Waals surface area contributed by atoms with E-state index in [1.165, 1.54) is 12.1 Å². The Morgan fingerprint density at radius 1 is 0.795 bits per heavy atom. The summed E-state index contributed by atoms with van der Waals surface area (Å²) in [5.74, 6) is -1.07. The molecular formula is C33H33F6N3O2. The Morgan fingerprint density at radius 3 is 1.91 bits per heavy atom. The summed E-state index contributed by atoms with van der Waals surface area (Å²) in [6.45, 7) is 0.743. The van der Waals surface area contributed by atoms with Gasteiger partial charge in [-0.1, -0.05) is 55.0 Å². The summed E-state index contributed by atoms with van der Waals surface area (Å²) in [5, 5.41) is 5.07. The molecule has 11 heteroatoms. The number of unbranched alkanes of at least 4 members (excludes halogenated alkanes) is 1. The van der Waals surface area contributed by atoms with Crippen molar-refractivity contribution in [3.63, 3.8) is 0 Å². The predicted octanol–water partition coefficient (Wildman–Crippen LogP) is 6.72. The summed E-state index contributed by atoms with van der Waals surface area (Å²) in [7, 11) is 0. The normalized spacial score (nSPS) is 16.7. The molecule has 1 aliphatic carbocycles. The second kappa shape index (κ2) is 12.6. The minimum absolute atomic E-state index is 0.104. The Morgan fingerprint density at radius 2 is 1.36 bits per heavy atom. The number of halogens is 6. The number of benzene rings is 3. The highest BCUT2D eigenvalue weighted by Crippen LogP contribution is 2.51. The second-order valence-corrected chi connectivity index (χ2v) is 11.4. The van der Waals surface area contributed by atoms with Gasteiger partial charge in [0.1, 0.15) is 12.0 Å². The van der Waals surface area contributed by atoms with Crippen LogP contribution in [-0.4, -0.2) is 55.1 Å². The van der Waals surface area contributed by atoms with Gasteiger partial charge in [0.25, 0.3) is 5.91 Å². The number of piperidine rings is 1. The highest BCUT2D eigenvalue weighted by atomic mass is 19.4. The number of alkyl halides is 6. The van der Waals surface area contributed by atoms with Gasteiger partial charge in [0.2, 0.25) is 5.91 Å². The van der Waals surface area contributed by atoms with Gasteiger partial charge in [0.05, 0.1) is 5.56 Å². The molecule has 0 spiro atoms. The van der Waals surface area contributed by atoms with Crippen molar-refractivity contribution in [2.45, 2.75) is 55.9 Å². The van der Waals surface area contributed by atoms with Crippen LogP contribution in [-0.2, 0) is 16.4 Å². The van der Waals surface area contributed by atoms with Gasteiger partial charge in [0, 0.05) is 24.7 Å². The summed E-state index contributed by atoms with van der Waals surface area (Å²) in [6, 6.07) is 18.8. The molecule has 1 saturated heterocycles. The molecule has 1 aliphatic heterocycles. The Bertz CT molecular complexity index is 1430. The molecule has 3 aromatic rings. The van der Waals surface area contributed by atoms with E-state index in [1.807, 2.05) is 36.4 Å². The minimum atomic E-state index is -4.53. The van der Waals surface area contributed by atoms with Gasteiger partial charge >= 0.3 is 12.4 Å². The monoisotopic (exact) mass is 617 g/mol. The van der Waals surface area contributed by atoms with Gasteiger partial charge in [0.15, 0.2) is 0 Å². The molecule has 2 aliphatic rings. The van der Waals surface area contributed by atoms with Gasteiger partial charge in [-0.25, -0.2) is 0 Å². The average Bonchev–Trinajstić information content (AvgIpc) is 3.29. The Labute approximate surface area is 251 Å². The van der Waals surface area contributed by atoms with E-state index in [-0.39, 0.29) is 11.6 Å². The van der Waals surface area contributed by atoms with Crippen LogP contribution in [0.5, 0.6) is 0 Å². The molecule has 44 heavy (non-hydrogen) atoms. The minimum Gasteiger partial charge on any atom is -0.349 e. The van der Waals surface area contributed by atoms with Crippen molar-refractivity contribution in [2.24, 2.45) is 0 Å². The maximum atomic E-state index is 13.6. The fourth-order valence-corrected chi connectivity index (χ4v) is 6.39. The van der Waals surface area contributed by atoms with E-state index < -0.39 is 41.7 Å². The Kier molecular flexibility index (Phi) is 9.06. The molecule has 5 nitrogen and oxygen atoms in total. The van der Waals surface area contributed by atoms with Crippen LogP contribution >= 0.6 is 0 Å². The van der Waals surface area contributed by atoms with Crippen LogP contribution in [0.4, 0.5) is 26.3 Å². The standard InChI is InChI=1S/C33H33F6N3O2/c34-32(35,36)21-40-30(44)31(27-9-3-1-7-25(27)26-8-2-4-10-28(26)31)17-5-6-18-42-19-15-24(16-20-42)41-29(43)22-11-13-23(14-12-22)33(37,38)39/h1-4,7-14,24H,5-6,15-21H2,(H,40,44)(H,41,43). The van der Waals surface area contributed by atoms with Crippen molar-refractivity contribution >= 4 is 11.8 Å². The number of hydrogen-bond acceptors (Lipinski definition) is 3. The molecule has 2 N–H and O–H groups in total. The first-order valence-electron chi connectivity index (χ1n) is 14.6. The fourth-order valence-electron chi connectivity index (χ4n) is 6.39. The molecule has 0 bridgehead atoms. The maximum absolute atomic E-state index is 13.6. The molecule has 2 amide bonds. The zero-order valence-corrected chi connectivity index (χ0v) is 23.9. The molecule has 1 heterocycles. The third-order valence-corrected chi connectivity index (χ3v) is 8.57. The third-order valence-electron chi connectivity index (χ3n) is 8.57. The molecular weight excluding hydrogens is 584 g/mol. The smallest absolute Gasteiger partial charge is 0.349 e. The van der Waals surface area contributed by atoms with Crippen molar-refractivity contribution in [1.29, 1.82) is 0 Å². The molecule has 1 fully saturated rings. The highest BCUT2D eigenvalue weighted by molar-refractivity contribution is 6.00. The van der Waals surface area contributed by atoms with Crippen molar-refractivity contribution < 1.29 is 35.9 Å². The van der Waals surface area contributed by atoms with Gasteiger partial charge in [-0.3, -0.25) is 9.59 Å². The second-order valence-electron chi connectivity index (χ2n) is 11.4. The number of rotatable bonds is 9. The topological polar surface area (TPSA) is 61.4 Å². The van der Waals surface area contributed by atoms with E-state index in [0.29, 0.717) is 49.9 Å². The quantitative estimate of drug-likeness (QED) is 0.207. The SMILES string of the molecule is O=C(NC1CCN(CCCCC2(C(=O)NCC(F)(F)F)c3ccccc3-c3ccccc32)CC1)c1ccc(C(F)(F)F)cc1. The van der Waals surface area contributed by atoms with Gasteiger partial charge in [-0.15, -0.1) is 0 Å². The lowest BCUT2D eigenvalue weighted by Gasteiger charge is -2.33. The molecule has 0 saturated carbocycles. The zero-order valence-electron chi connectivity index (χ0n) is 23.9. The number of nitrogens with zero attached hydrogens (tertiary/aromatic N) is 1. The highest BCUT2D eigenvalue weighted by Gasteiger charge is 2.49. The van der Waals surface area contributed by atoms with Crippen LogP contribution in [0.15, 0.2) is 72.8 Å². The van der Waals surface area contributed by atoms with E-state index in [4.69, 9.17) is 0 Å². The van der Waals surface area contributed by atoms with E-state index in [9.17, 15) is 35.9 Å². The van der Waals surface area contributed by atoms with Gasteiger partial charge in [-0.2, -0.15) is 26.3 Å². The van der Waals surface area contributed by atoms with Crippen LogP contribution in [0.25, 0.3) is 11.1 Å². The number of carbonyl (C=O) groups excluding carboxylic acids is 2. The summed E-state index contributed by atoms with van der Waals surface area (Å²) in [6.07, 6.45) is -5.96. The van der Waals surface area contributed by atoms with Gasteiger partial charge in [-0.05, 0) is 78.7 Å². The first kappa shape index (κ1) is 31.6. The summed E-state index contributed by atoms with van der Waals surface area (Å²) < 4.78 is 77.7. The first-order valence-corrected chi connectivity index (χ1v) is 14.6. The van der Waals surface area contributed by atoms with E-state index >= 15 is 0 Å². The van der Waals surface area contributed by atoms with Crippen LogP contribution in [0.3, 0.4) is 0 Å². The number of fused-ring (bicyclic) bond motifs is 3. The van der Waals surface area contributed by atoms with Crippen molar-refractivity contribution in [1.82, 2.24) is 15.5 Å². The number of hydrogen-bond donors (Lipinski definition) is 2. The lowest BCUT2D eigenvalue weighted by molar-refractivity contribution is -0.141. The van der Waals surface area contributed by atoms with E-state index in [1.54, 1.807) is 12.1 Å². The molecule has 0 unspecified atom stereocenters. The van der Waals surface area contributed by atoms with Gasteiger partial charge < -0.3 is 15.5 Å². The zero-order chi connectivity index (χ0) is 31.5. The first-order chi connectivity index (χ1) is 20.9. The lowest BCUT2D eigenvalue weighted by atomic mass is 9.73. The number of nitrogens with one attached hydrogen (secondary N) is 2. The van der Waals surface area contributed by atoms with E-state index in [0.717, 1.165) is 36.2 Å². The molecule has 234 valence electrons. The Hall–Kier alpha value is -3.86.